The van der Waals surface area contributed by atoms with E-state index in [1.165, 1.54) is 36.5 Å². The molecule has 0 saturated heterocycles. The first-order chi connectivity index (χ1) is 16.5. The van der Waals surface area contributed by atoms with Crippen LogP contribution in [-0.4, -0.2) is 0 Å². The van der Waals surface area contributed by atoms with Gasteiger partial charge in [0, 0.05) is 0 Å². The monoisotopic (exact) mass is 586 g/mol. The van der Waals surface area contributed by atoms with E-state index in [9.17, 15) is 43.9 Å². The molecule has 0 saturated carbocycles. The first-order valence-electron chi connectivity index (χ1n) is 9.64. The summed E-state index contributed by atoms with van der Waals surface area (Å²) in [4.78, 5) is 0. The SMILES string of the molecule is Fc1c(F)c(F)c([O][Zr]([O]c2c(F)c(F)c(F)c(F)c2F)([C]2=CC=CC2)[C]2=CC=CC2)c(F)c1F. The zero-order chi connectivity index (χ0) is 25.7. The Hall–Kier alpha value is -2.82. The van der Waals surface area contributed by atoms with Gasteiger partial charge in [-0.1, -0.05) is 0 Å². The Bertz CT molecular complexity index is 1200. The molecule has 2 aromatic carbocycles. The van der Waals surface area contributed by atoms with Gasteiger partial charge in [0.2, 0.25) is 0 Å². The van der Waals surface area contributed by atoms with Crippen molar-refractivity contribution in [3.63, 3.8) is 0 Å². The zero-order valence-electron chi connectivity index (χ0n) is 17.0. The van der Waals surface area contributed by atoms with Crippen molar-refractivity contribution < 1.29 is 70.7 Å². The fraction of sp³-hybridized carbons (Fsp3) is 0.0909. The van der Waals surface area contributed by atoms with Crippen LogP contribution in [0.3, 0.4) is 0 Å². The summed E-state index contributed by atoms with van der Waals surface area (Å²) in [5, 5.41) is 0. The molecule has 4 rings (SSSR count). The van der Waals surface area contributed by atoms with Gasteiger partial charge in [-0.15, -0.1) is 0 Å². The van der Waals surface area contributed by atoms with Crippen LogP contribution in [0, 0.1) is 58.2 Å². The third-order valence-electron chi connectivity index (χ3n) is 5.22. The van der Waals surface area contributed by atoms with E-state index in [4.69, 9.17) is 5.63 Å². The molecular weight excluding hydrogens is 577 g/mol. The van der Waals surface area contributed by atoms with Crippen molar-refractivity contribution in [1.29, 1.82) is 0 Å². The second kappa shape index (κ2) is 9.33. The minimum absolute atomic E-state index is 0.00197. The van der Waals surface area contributed by atoms with Crippen molar-refractivity contribution >= 4 is 0 Å². The Balaban J connectivity index is 1.99. The summed E-state index contributed by atoms with van der Waals surface area (Å²) in [6.07, 6.45) is 7.96. The number of rotatable bonds is 6. The summed E-state index contributed by atoms with van der Waals surface area (Å²) in [6.45, 7) is 0. The van der Waals surface area contributed by atoms with Gasteiger partial charge in [0.05, 0.1) is 0 Å². The van der Waals surface area contributed by atoms with Gasteiger partial charge in [0.15, 0.2) is 0 Å². The Morgan fingerprint density at radius 1 is 0.457 bits per heavy atom. The number of hydrogen-bond donors (Lipinski definition) is 0. The van der Waals surface area contributed by atoms with E-state index in [1.54, 1.807) is 0 Å². The maximum absolute atomic E-state index is 14.5. The van der Waals surface area contributed by atoms with Crippen molar-refractivity contribution in [2.75, 3.05) is 0 Å². The fourth-order valence-corrected chi connectivity index (χ4v) is 11.7. The van der Waals surface area contributed by atoms with Crippen molar-refractivity contribution in [2.45, 2.75) is 12.8 Å². The molecule has 0 aromatic heterocycles. The van der Waals surface area contributed by atoms with Gasteiger partial charge in [-0.3, -0.25) is 0 Å². The molecule has 0 aliphatic heterocycles. The van der Waals surface area contributed by atoms with Crippen LogP contribution in [0.25, 0.3) is 0 Å². The Kier molecular flexibility index (Phi) is 6.74. The van der Waals surface area contributed by atoms with Crippen LogP contribution in [0.2, 0.25) is 0 Å². The van der Waals surface area contributed by atoms with E-state index >= 15 is 0 Å². The number of hydrogen-bond acceptors (Lipinski definition) is 2. The van der Waals surface area contributed by atoms with Crippen LogP contribution in [0.5, 0.6) is 11.5 Å². The molecule has 13 heteroatoms. The molecule has 2 aliphatic carbocycles. The van der Waals surface area contributed by atoms with Gasteiger partial charge >= 0.3 is 196 Å². The van der Waals surface area contributed by atoms with Gasteiger partial charge in [0.1, 0.15) is 0 Å². The molecule has 0 unspecified atom stereocenters. The van der Waals surface area contributed by atoms with Gasteiger partial charge in [0.25, 0.3) is 0 Å². The summed E-state index contributed by atoms with van der Waals surface area (Å²) in [7, 11) is 0. The van der Waals surface area contributed by atoms with Crippen LogP contribution in [0.1, 0.15) is 12.8 Å². The quantitative estimate of drug-likeness (QED) is 0.202. The Morgan fingerprint density at radius 2 is 0.743 bits per heavy atom. The molecule has 0 spiro atoms. The third-order valence-corrected chi connectivity index (χ3v) is 13.6. The average molecular weight is 588 g/mol. The van der Waals surface area contributed by atoms with Crippen LogP contribution in [-0.2, 0) is 21.1 Å². The second-order valence-electron chi connectivity index (χ2n) is 7.27. The molecule has 2 aromatic rings. The number of halogens is 10. The standard InChI is InChI=1S/2C6HF5O.2C5H5.Zr/c2*7-1-2(8)4(10)6(12)5(11)3(1)9;2*1-2-4-5-3-1;/h2*12H;2*1-3H,4H2;/q;;;;+2/p-2. The van der Waals surface area contributed by atoms with Crippen molar-refractivity contribution in [1.82, 2.24) is 0 Å². The third kappa shape index (κ3) is 4.03. The molecule has 0 amide bonds. The van der Waals surface area contributed by atoms with E-state index in [0.717, 1.165) is 0 Å². The van der Waals surface area contributed by atoms with Crippen LogP contribution in [0.15, 0.2) is 43.0 Å². The molecule has 184 valence electrons. The van der Waals surface area contributed by atoms with Crippen LogP contribution < -0.4 is 5.63 Å². The van der Waals surface area contributed by atoms with Crippen LogP contribution in [0.4, 0.5) is 43.9 Å². The summed E-state index contributed by atoms with van der Waals surface area (Å²) in [5.74, 6) is -27.7. The molecule has 2 nitrogen and oxygen atoms in total. The van der Waals surface area contributed by atoms with Crippen molar-refractivity contribution in [3.8, 4) is 11.5 Å². The van der Waals surface area contributed by atoms with E-state index in [-0.39, 0.29) is 19.4 Å². The van der Waals surface area contributed by atoms with Crippen molar-refractivity contribution in [3.05, 3.63) is 101 Å². The predicted octanol–water partition coefficient (Wildman–Crippen LogP) is 7.21. The van der Waals surface area contributed by atoms with E-state index < -0.39 is 90.8 Å². The molecule has 2 aliphatic rings. The maximum atomic E-state index is 14.5. The van der Waals surface area contributed by atoms with Gasteiger partial charge in [-0.25, -0.2) is 0 Å². The minimum atomic E-state index is -5.99. The summed E-state index contributed by atoms with van der Waals surface area (Å²) in [5.41, 5.74) is 0. The van der Waals surface area contributed by atoms with Gasteiger partial charge in [-0.05, 0) is 0 Å². The first-order valence-corrected chi connectivity index (χ1v) is 14.1. The molecule has 0 radical (unpaired) electrons. The van der Waals surface area contributed by atoms with Crippen molar-refractivity contribution in [2.24, 2.45) is 0 Å². The Labute approximate surface area is 196 Å². The molecule has 0 heterocycles. The molecule has 0 fully saturated rings. The van der Waals surface area contributed by atoms with E-state index in [2.05, 4.69) is 0 Å². The summed E-state index contributed by atoms with van der Waals surface area (Å²) in [6, 6.07) is 0. The molecule has 35 heavy (non-hydrogen) atoms. The molecule has 0 N–H and O–H groups in total. The molecule has 0 atom stereocenters. The van der Waals surface area contributed by atoms with Crippen LogP contribution >= 0.6 is 0 Å². The number of allylic oxidation sites excluding steroid dienone is 8. The van der Waals surface area contributed by atoms with Gasteiger partial charge < -0.3 is 0 Å². The normalized spacial score (nSPS) is 15.0. The van der Waals surface area contributed by atoms with Gasteiger partial charge in [-0.2, -0.15) is 0 Å². The van der Waals surface area contributed by atoms with E-state index in [1.807, 2.05) is 0 Å². The predicted molar refractivity (Wildman–Crippen MR) is 97.4 cm³/mol. The molecular formula is C22H10F10O2Zr. The number of benzene rings is 2. The summed E-state index contributed by atoms with van der Waals surface area (Å²) < 4.78 is 151. The second-order valence-corrected chi connectivity index (χ2v) is 14.5. The first kappa shape index (κ1) is 25.3. The molecule has 0 bridgehead atoms. The zero-order valence-corrected chi connectivity index (χ0v) is 19.4. The average Bonchev–Trinajstić information content (AvgIpc) is 3.58. The van der Waals surface area contributed by atoms with E-state index in [0.29, 0.717) is 0 Å². The fourth-order valence-electron chi connectivity index (χ4n) is 3.51. The summed E-state index contributed by atoms with van der Waals surface area (Å²) >= 11 is -5.99. The topological polar surface area (TPSA) is 18.5 Å². The Morgan fingerprint density at radius 3 is 1.00 bits per heavy atom.